The Kier molecular flexibility index (Phi) is 3.63. The van der Waals surface area contributed by atoms with Crippen molar-refractivity contribution < 1.29 is 4.79 Å². The quantitative estimate of drug-likeness (QED) is 0.831. The normalized spacial score (nSPS) is 19.7. The average molecular weight is 265 g/mol. The Balaban J connectivity index is 2.41. The van der Waals surface area contributed by atoms with Gasteiger partial charge in [-0.3, -0.25) is 4.79 Å². The van der Waals surface area contributed by atoms with Crippen LogP contribution in [0.4, 0.5) is 0 Å². The van der Waals surface area contributed by atoms with E-state index in [0.717, 1.165) is 18.5 Å². The third-order valence-electron chi connectivity index (χ3n) is 3.84. The molecular weight excluding hydrogens is 242 g/mol. The molecule has 1 heterocycles. The summed E-state index contributed by atoms with van der Waals surface area (Å²) in [6.07, 6.45) is 3.84. The zero-order valence-electron chi connectivity index (χ0n) is 12.0. The lowest BCUT2D eigenvalue weighted by molar-refractivity contribution is 0.0910. The van der Waals surface area contributed by atoms with Crippen LogP contribution in [-0.2, 0) is 13.0 Å². The Labute approximate surface area is 114 Å². The molecule has 0 bridgehead atoms. The minimum Gasteiger partial charge on any atom is -0.347 e. The molecule has 0 saturated heterocycles. The van der Waals surface area contributed by atoms with Crippen LogP contribution in [0.25, 0.3) is 0 Å². The number of nitrogens with zero attached hydrogens (tertiary/aromatic N) is 1. The van der Waals surface area contributed by atoms with Gasteiger partial charge in [-0.2, -0.15) is 11.8 Å². The van der Waals surface area contributed by atoms with Crippen LogP contribution < -0.4 is 0 Å². The first-order chi connectivity index (χ1) is 8.34. The number of hydrogen-bond acceptors (Lipinski definition) is 2. The predicted molar refractivity (Wildman–Crippen MR) is 78.6 cm³/mol. The number of fused-ring (bicyclic) bond motifs is 1. The summed E-state index contributed by atoms with van der Waals surface area (Å²) in [6.45, 7) is 9.75. The lowest BCUT2D eigenvalue weighted by Gasteiger charge is -2.30. The van der Waals surface area contributed by atoms with Crippen molar-refractivity contribution in [3.63, 3.8) is 0 Å². The molecular formula is C15H23NOS. The first-order valence-corrected chi connectivity index (χ1v) is 7.88. The van der Waals surface area contributed by atoms with Gasteiger partial charge in [0.1, 0.15) is 0 Å². The monoisotopic (exact) mass is 265 g/mol. The summed E-state index contributed by atoms with van der Waals surface area (Å²) in [7, 11) is 0. The van der Waals surface area contributed by atoms with Crippen LogP contribution in [-0.4, -0.2) is 21.9 Å². The van der Waals surface area contributed by atoms with E-state index < -0.39 is 0 Å². The van der Waals surface area contributed by atoms with E-state index in [1.54, 1.807) is 0 Å². The highest BCUT2D eigenvalue weighted by atomic mass is 32.2. The number of aryl methyl sites for hydroxylation is 1. The van der Waals surface area contributed by atoms with Gasteiger partial charge in [-0.25, -0.2) is 0 Å². The molecule has 0 saturated carbocycles. The molecule has 1 aliphatic rings. The highest BCUT2D eigenvalue weighted by Gasteiger charge is 2.33. The van der Waals surface area contributed by atoms with E-state index in [2.05, 4.69) is 44.6 Å². The highest BCUT2D eigenvalue weighted by Crippen LogP contribution is 2.36. The third kappa shape index (κ3) is 2.51. The molecule has 1 unspecified atom stereocenters. The summed E-state index contributed by atoms with van der Waals surface area (Å²) in [6, 6.07) is 2.08. The van der Waals surface area contributed by atoms with Crippen LogP contribution in [0.5, 0.6) is 0 Å². The minimum absolute atomic E-state index is 0.106. The number of ketones is 1. The van der Waals surface area contributed by atoms with Crippen LogP contribution in [0.3, 0.4) is 0 Å². The van der Waals surface area contributed by atoms with E-state index in [1.165, 1.54) is 11.4 Å². The van der Waals surface area contributed by atoms with Crippen LogP contribution >= 0.6 is 11.8 Å². The molecule has 1 atom stereocenters. The molecule has 0 fully saturated rings. The molecule has 0 aliphatic heterocycles. The third-order valence-corrected chi connectivity index (χ3v) is 4.80. The van der Waals surface area contributed by atoms with Crippen molar-refractivity contribution >= 4 is 17.5 Å². The first kappa shape index (κ1) is 13.7. The summed E-state index contributed by atoms with van der Waals surface area (Å²) in [5, 5.41) is 0.584. The second-order valence-corrected chi connectivity index (χ2v) is 7.52. The first-order valence-electron chi connectivity index (χ1n) is 6.59. The molecule has 2 nitrogen and oxygen atoms in total. The Morgan fingerprint density at radius 3 is 2.72 bits per heavy atom. The van der Waals surface area contributed by atoms with Gasteiger partial charge in [0.2, 0.25) is 0 Å². The van der Waals surface area contributed by atoms with E-state index in [1.807, 2.05) is 11.8 Å². The summed E-state index contributed by atoms with van der Waals surface area (Å²) >= 11 is 1.88. The lowest BCUT2D eigenvalue weighted by atomic mass is 9.76. The van der Waals surface area contributed by atoms with Crippen molar-refractivity contribution in [3.05, 3.63) is 23.0 Å². The second kappa shape index (κ2) is 4.76. The van der Waals surface area contributed by atoms with Crippen molar-refractivity contribution in [3.8, 4) is 0 Å². The molecule has 18 heavy (non-hydrogen) atoms. The molecule has 1 aromatic rings. The zero-order chi connectivity index (χ0) is 13.5. The molecule has 0 radical (unpaired) electrons. The maximum atomic E-state index is 12.2. The van der Waals surface area contributed by atoms with Gasteiger partial charge in [-0.1, -0.05) is 20.8 Å². The van der Waals surface area contributed by atoms with Crippen molar-refractivity contribution in [1.29, 1.82) is 0 Å². The van der Waals surface area contributed by atoms with E-state index in [4.69, 9.17) is 0 Å². The molecule has 3 heteroatoms. The smallest absolute Gasteiger partial charge is 0.165 e. The summed E-state index contributed by atoms with van der Waals surface area (Å²) in [5.41, 5.74) is 3.57. The van der Waals surface area contributed by atoms with Gasteiger partial charge >= 0.3 is 0 Å². The fraction of sp³-hybridized carbons (Fsp3) is 0.667. The number of hydrogen-bond donors (Lipinski definition) is 0. The molecule has 0 spiro atoms. The fourth-order valence-electron chi connectivity index (χ4n) is 2.79. The maximum Gasteiger partial charge on any atom is 0.165 e. The SMILES string of the molecule is CSC(C)Cn1c(C)cc2c1CC(C)(C)CC2=O. The van der Waals surface area contributed by atoms with Crippen molar-refractivity contribution in [2.75, 3.05) is 6.26 Å². The number of carbonyl (C=O) groups excluding carboxylic acids is 1. The van der Waals surface area contributed by atoms with Crippen molar-refractivity contribution in [2.24, 2.45) is 5.41 Å². The number of carbonyl (C=O) groups is 1. The van der Waals surface area contributed by atoms with Gasteiger partial charge in [0.15, 0.2) is 5.78 Å². The van der Waals surface area contributed by atoms with Crippen molar-refractivity contribution in [1.82, 2.24) is 4.57 Å². The number of rotatable bonds is 3. The van der Waals surface area contributed by atoms with E-state index >= 15 is 0 Å². The fourth-order valence-corrected chi connectivity index (χ4v) is 3.09. The van der Waals surface area contributed by atoms with Crippen LogP contribution in [0.2, 0.25) is 0 Å². The van der Waals surface area contributed by atoms with Crippen LogP contribution in [0.15, 0.2) is 6.07 Å². The van der Waals surface area contributed by atoms with Crippen molar-refractivity contribution in [2.45, 2.75) is 52.3 Å². The zero-order valence-corrected chi connectivity index (χ0v) is 12.9. The molecule has 2 rings (SSSR count). The van der Waals surface area contributed by atoms with Gasteiger partial charge in [0.05, 0.1) is 0 Å². The molecule has 0 aromatic carbocycles. The number of Topliss-reactive ketones (excluding diaryl/α,β-unsaturated/α-hetero) is 1. The largest absolute Gasteiger partial charge is 0.347 e. The Morgan fingerprint density at radius 1 is 1.44 bits per heavy atom. The van der Waals surface area contributed by atoms with Crippen LogP contribution in [0, 0.1) is 12.3 Å². The molecule has 100 valence electrons. The van der Waals surface area contributed by atoms with Crippen LogP contribution in [0.1, 0.15) is 48.9 Å². The Hall–Kier alpha value is -0.700. The van der Waals surface area contributed by atoms with Gasteiger partial charge in [-0.05, 0) is 31.1 Å². The van der Waals surface area contributed by atoms with Gasteiger partial charge in [0, 0.05) is 35.2 Å². The molecule has 0 N–H and O–H groups in total. The van der Waals surface area contributed by atoms with Gasteiger partial charge in [-0.15, -0.1) is 0 Å². The predicted octanol–water partition coefficient (Wildman–Crippen LogP) is 3.70. The number of thioether (sulfide) groups is 1. The topological polar surface area (TPSA) is 22.0 Å². The average Bonchev–Trinajstić information content (AvgIpc) is 2.55. The summed E-state index contributed by atoms with van der Waals surface area (Å²) in [4.78, 5) is 12.2. The van der Waals surface area contributed by atoms with E-state index in [0.29, 0.717) is 17.5 Å². The van der Waals surface area contributed by atoms with Gasteiger partial charge < -0.3 is 4.57 Å². The van der Waals surface area contributed by atoms with Gasteiger partial charge in [0.25, 0.3) is 0 Å². The summed E-state index contributed by atoms with van der Waals surface area (Å²) < 4.78 is 2.36. The highest BCUT2D eigenvalue weighted by molar-refractivity contribution is 7.99. The second-order valence-electron chi connectivity index (χ2n) is 6.24. The minimum atomic E-state index is 0.106. The summed E-state index contributed by atoms with van der Waals surface area (Å²) in [5.74, 6) is 0.319. The molecule has 0 amide bonds. The van der Waals surface area contributed by atoms with E-state index in [9.17, 15) is 4.79 Å². The Bertz CT molecular complexity index is 473. The molecule has 1 aromatic heterocycles. The maximum absolute atomic E-state index is 12.2. The Morgan fingerprint density at radius 2 is 2.11 bits per heavy atom. The van der Waals surface area contributed by atoms with E-state index in [-0.39, 0.29) is 5.41 Å². The molecule has 1 aliphatic carbocycles. The lowest BCUT2D eigenvalue weighted by Crippen LogP contribution is -2.28. The standard InChI is InChI=1S/C15H23NOS/c1-10-6-12-13(16(10)9-11(2)18-5)7-15(3,4)8-14(12)17/h6,11H,7-9H2,1-5H3. The number of aromatic nitrogens is 1.